The van der Waals surface area contributed by atoms with E-state index in [1.807, 2.05) is 47.4 Å². The average molecular weight is 398 g/mol. The van der Waals surface area contributed by atoms with Crippen molar-refractivity contribution in [2.75, 3.05) is 50.6 Å². The number of fused-ring (bicyclic) bond motifs is 1. The molecule has 1 aliphatic heterocycles. The van der Waals surface area contributed by atoms with Crippen LogP contribution < -0.4 is 19.7 Å². The Morgan fingerprint density at radius 2 is 1.79 bits per heavy atom. The minimum atomic E-state index is -0.0954. The van der Waals surface area contributed by atoms with Gasteiger partial charge in [-0.2, -0.15) is 0 Å². The molecule has 146 valence electrons. The number of hydrogen-bond acceptors (Lipinski definition) is 6. The normalized spacial score (nSPS) is 14.2. The number of nitrogens with one attached hydrogen (secondary N) is 1. The molecule has 0 radical (unpaired) electrons. The van der Waals surface area contributed by atoms with E-state index in [1.54, 1.807) is 25.6 Å². The van der Waals surface area contributed by atoms with E-state index in [-0.39, 0.29) is 6.03 Å². The van der Waals surface area contributed by atoms with Crippen LogP contribution in [0.25, 0.3) is 10.2 Å². The number of carbonyl (C=O) groups is 1. The SMILES string of the molecule is COc1cccc(NC(=O)N2CCN(c3nc4ccc(OC)cc4s3)CC2)c1. The van der Waals surface area contributed by atoms with E-state index in [2.05, 4.69) is 10.2 Å². The third-order valence-electron chi connectivity index (χ3n) is 4.74. The zero-order valence-electron chi connectivity index (χ0n) is 15.8. The number of thiazole rings is 1. The maximum Gasteiger partial charge on any atom is 0.321 e. The van der Waals surface area contributed by atoms with Crippen molar-refractivity contribution in [1.29, 1.82) is 0 Å². The lowest BCUT2D eigenvalue weighted by Gasteiger charge is -2.34. The number of ether oxygens (including phenoxy) is 2. The molecule has 1 saturated heterocycles. The molecule has 0 aliphatic carbocycles. The standard InChI is InChI=1S/C20H22N4O3S/c1-26-15-5-3-4-14(12-15)21-19(25)23-8-10-24(11-9-23)20-22-17-7-6-16(27-2)13-18(17)28-20/h3-7,12-13H,8-11H2,1-2H3,(H,21,25). The number of anilines is 2. The van der Waals surface area contributed by atoms with Gasteiger partial charge in [-0.3, -0.25) is 0 Å². The predicted molar refractivity (Wildman–Crippen MR) is 112 cm³/mol. The van der Waals surface area contributed by atoms with Gasteiger partial charge in [0.1, 0.15) is 11.5 Å². The van der Waals surface area contributed by atoms with Gasteiger partial charge in [-0.15, -0.1) is 0 Å². The maximum atomic E-state index is 12.6. The number of urea groups is 1. The Labute approximate surface area is 167 Å². The van der Waals surface area contributed by atoms with Crippen molar-refractivity contribution in [3.05, 3.63) is 42.5 Å². The van der Waals surface area contributed by atoms with Crippen molar-refractivity contribution in [3.8, 4) is 11.5 Å². The van der Waals surface area contributed by atoms with Gasteiger partial charge in [0.25, 0.3) is 0 Å². The Bertz CT molecular complexity index is 982. The summed E-state index contributed by atoms with van der Waals surface area (Å²) >= 11 is 1.65. The second kappa shape index (κ2) is 7.93. The highest BCUT2D eigenvalue weighted by atomic mass is 32.1. The van der Waals surface area contributed by atoms with E-state index in [0.717, 1.165) is 45.6 Å². The first-order valence-electron chi connectivity index (χ1n) is 9.06. The van der Waals surface area contributed by atoms with Gasteiger partial charge in [0.15, 0.2) is 5.13 Å². The fraction of sp³-hybridized carbons (Fsp3) is 0.300. The number of methoxy groups -OCH3 is 2. The molecule has 7 nitrogen and oxygen atoms in total. The third-order valence-corrected chi connectivity index (χ3v) is 5.82. The number of hydrogen-bond donors (Lipinski definition) is 1. The molecule has 1 aliphatic rings. The largest absolute Gasteiger partial charge is 0.497 e. The zero-order valence-corrected chi connectivity index (χ0v) is 16.7. The van der Waals surface area contributed by atoms with Crippen LogP contribution in [0.15, 0.2) is 42.5 Å². The summed E-state index contributed by atoms with van der Waals surface area (Å²) in [6, 6.07) is 13.2. The van der Waals surface area contributed by atoms with Gasteiger partial charge in [0.05, 0.1) is 24.4 Å². The van der Waals surface area contributed by atoms with Crippen LogP contribution in [0.4, 0.5) is 15.6 Å². The second-order valence-electron chi connectivity index (χ2n) is 6.47. The first-order valence-corrected chi connectivity index (χ1v) is 9.87. The van der Waals surface area contributed by atoms with Crippen LogP contribution >= 0.6 is 11.3 Å². The molecule has 2 aromatic carbocycles. The average Bonchev–Trinajstić information content (AvgIpc) is 3.17. The molecule has 1 N–H and O–H groups in total. The topological polar surface area (TPSA) is 66.9 Å². The molecule has 28 heavy (non-hydrogen) atoms. The molecule has 4 rings (SSSR count). The lowest BCUT2D eigenvalue weighted by molar-refractivity contribution is 0.208. The fourth-order valence-electron chi connectivity index (χ4n) is 3.16. The summed E-state index contributed by atoms with van der Waals surface area (Å²) in [5.41, 5.74) is 1.70. The number of piperazine rings is 1. The lowest BCUT2D eigenvalue weighted by Crippen LogP contribution is -2.50. The molecule has 0 atom stereocenters. The number of benzene rings is 2. The van der Waals surface area contributed by atoms with Gasteiger partial charge < -0.3 is 24.6 Å². The van der Waals surface area contributed by atoms with Crippen LogP contribution in [0, 0.1) is 0 Å². The maximum absolute atomic E-state index is 12.6. The van der Waals surface area contributed by atoms with Crippen molar-refractivity contribution < 1.29 is 14.3 Å². The van der Waals surface area contributed by atoms with E-state index in [9.17, 15) is 4.79 Å². The Morgan fingerprint density at radius 3 is 2.54 bits per heavy atom. The molecule has 0 bridgehead atoms. The van der Waals surface area contributed by atoms with Crippen LogP contribution in [0.5, 0.6) is 11.5 Å². The van der Waals surface area contributed by atoms with E-state index >= 15 is 0 Å². The fourth-order valence-corrected chi connectivity index (χ4v) is 4.20. The number of rotatable bonds is 4. The molecule has 8 heteroatoms. The monoisotopic (exact) mass is 398 g/mol. The van der Waals surface area contributed by atoms with Gasteiger partial charge in [-0.05, 0) is 30.3 Å². The minimum Gasteiger partial charge on any atom is -0.497 e. The first kappa shape index (κ1) is 18.4. The van der Waals surface area contributed by atoms with Crippen LogP contribution in [-0.2, 0) is 0 Å². The quantitative estimate of drug-likeness (QED) is 0.726. The van der Waals surface area contributed by atoms with Crippen LogP contribution in [0.2, 0.25) is 0 Å². The summed E-state index contributed by atoms with van der Waals surface area (Å²) in [7, 11) is 3.27. The molecule has 1 aromatic heterocycles. The van der Waals surface area contributed by atoms with Crippen molar-refractivity contribution >= 4 is 38.4 Å². The van der Waals surface area contributed by atoms with E-state index in [0.29, 0.717) is 13.1 Å². The highest BCUT2D eigenvalue weighted by Gasteiger charge is 2.23. The third kappa shape index (κ3) is 3.82. The molecule has 1 fully saturated rings. The highest BCUT2D eigenvalue weighted by Crippen LogP contribution is 2.31. The van der Waals surface area contributed by atoms with Crippen molar-refractivity contribution in [2.24, 2.45) is 0 Å². The van der Waals surface area contributed by atoms with Gasteiger partial charge in [0.2, 0.25) is 0 Å². The summed E-state index contributed by atoms with van der Waals surface area (Å²) in [5, 5.41) is 3.92. The summed E-state index contributed by atoms with van der Waals surface area (Å²) < 4.78 is 11.6. The Morgan fingerprint density at radius 1 is 1.04 bits per heavy atom. The highest BCUT2D eigenvalue weighted by molar-refractivity contribution is 7.22. The van der Waals surface area contributed by atoms with Crippen molar-refractivity contribution in [1.82, 2.24) is 9.88 Å². The summed E-state index contributed by atoms with van der Waals surface area (Å²) in [4.78, 5) is 21.3. The smallest absolute Gasteiger partial charge is 0.321 e. The summed E-state index contributed by atoms with van der Waals surface area (Å²) in [6.07, 6.45) is 0. The predicted octanol–water partition coefficient (Wildman–Crippen LogP) is 3.67. The van der Waals surface area contributed by atoms with Gasteiger partial charge in [-0.1, -0.05) is 17.4 Å². The summed E-state index contributed by atoms with van der Waals surface area (Å²) in [6.45, 7) is 2.80. The Kier molecular flexibility index (Phi) is 5.21. The molecule has 2 amide bonds. The lowest BCUT2D eigenvalue weighted by atomic mass is 10.3. The minimum absolute atomic E-state index is 0.0954. The van der Waals surface area contributed by atoms with E-state index in [1.165, 1.54) is 0 Å². The first-order chi connectivity index (χ1) is 13.7. The van der Waals surface area contributed by atoms with Crippen LogP contribution in [-0.4, -0.2) is 56.3 Å². The molecular weight excluding hydrogens is 376 g/mol. The Balaban J connectivity index is 1.38. The van der Waals surface area contributed by atoms with Gasteiger partial charge >= 0.3 is 6.03 Å². The number of amides is 2. The molecule has 3 aromatic rings. The van der Waals surface area contributed by atoms with Gasteiger partial charge in [-0.25, -0.2) is 9.78 Å². The molecule has 0 saturated carbocycles. The zero-order chi connectivity index (χ0) is 19.5. The number of carbonyl (C=O) groups excluding carboxylic acids is 1. The molecule has 2 heterocycles. The molecule has 0 unspecified atom stereocenters. The van der Waals surface area contributed by atoms with Crippen LogP contribution in [0.1, 0.15) is 0 Å². The van der Waals surface area contributed by atoms with Crippen molar-refractivity contribution in [3.63, 3.8) is 0 Å². The molecular formula is C20H22N4O3S. The molecule has 0 spiro atoms. The number of nitrogens with zero attached hydrogens (tertiary/aromatic N) is 3. The van der Waals surface area contributed by atoms with E-state index in [4.69, 9.17) is 14.5 Å². The van der Waals surface area contributed by atoms with E-state index < -0.39 is 0 Å². The number of aromatic nitrogens is 1. The second-order valence-corrected chi connectivity index (χ2v) is 7.48. The van der Waals surface area contributed by atoms with Crippen LogP contribution in [0.3, 0.4) is 0 Å². The summed E-state index contributed by atoms with van der Waals surface area (Å²) in [5.74, 6) is 1.55. The van der Waals surface area contributed by atoms with Crippen molar-refractivity contribution in [2.45, 2.75) is 0 Å². The Hall–Kier alpha value is -3.00. The van der Waals surface area contributed by atoms with Gasteiger partial charge in [0, 0.05) is 37.9 Å².